The maximum absolute atomic E-state index is 13.2. The summed E-state index contributed by atoms with van der Waals surface area (Å²) in [6, 6.07) is 12.0. The Labute approximate surface area is 174 Å². The number of aryl methyl sites for hydroxylation is 1. The zero-order valence-electron chi connectivity index (χ0n) is 16.7. The Hall–Kier alpha value is -3.66. The summed E-state index contributed by atoms with van der Waals surface area (Å²) in [5, 5.41) is 15.7. The van der Waals surface area contributed by atoms with Crippen molar-refractivity contribution >= 4 is 12.0 Å². The molecule has 150 valence electrons. The second-order valence-corrected chi connectivity index (χ2v) is 7.13. The summed E-state index contributed by atoms with van der Waals surface area (Å²) in [7, 11) is 0. The number of benzene rings is 1. The molecule has 1 atom stereocenters. The Bertz CT molecular complexity index is 1100. The van der Waals surface area contributed by atoms with Gasteiger partial charge in [0.2, 0.25) is 0 Å². The average molecular weight is 400 g/mol. The Morgan fingerprint density at radius 1 is 1.17 bits per heavy atom. The van der Waals surface area contributed by atoms with Crippen molar-refractivity contribution in [1.82, 2.24) is 15.0 Å². The van der Waals surface area contributed by atoms with E-state index in [0.29, 0.717) is 17.8 Å². The molecule has 0 saturated carbocycles. The molecule has 0 spiro atoms. The van der Waals surface area contributed by atoms with E-state index in [-0.39, 0.29) is 11.9 Å². The van der Waals surface area contributed by atoms with E-state index in [0.717, 1.165) is 41.9 Å². The summed E-state index contributed by atoms with van der Waals surface area (Å²) in [4.78, 5) is 13.9. The van der Waals surface area contributed by atoms with Gasteiger partial charge in [0, 0.05) is 30.8 Å². The molecule has 7 heteroatoms. The molecule has 0 bridgehead atoms. The van der Waals surface area contributed by atoms with Crippen LogP contribution in [0.2, 0.25) is 0 Å². The number of rotatable bonds is 6. The van der Waals surface area contributed by atoms with Crippen LogP contribution in [-0.4, -0.2) is 27.2 Å². The molecule has 0 aliphatic carbocycles. The van der Waals surface area contributed by atoms with Gasteiger partial charge in [0.05, 0.1) is 34.9 Å². The van der Waals surface area contributed by atoms with E-state index < -0.39 is 0 Å². The number of hydrogen-bond donors (Lipinski definition) is 0. The lowest BCUT2D eigenvalue weighted by molar-refractivity contribution is 0.627. The molecule has 0 radical (unpaired) electrons. The van der Waals surface area contributed by atoms with E-state index in [9.17, 15) is 9.65 Å². The number of hydrogen-bond acceptors (Lipinski definition) is 6. The van der Waals surface area contributed by atoms with Crippen molar-refractivity contribution in [2.45, 2.75) is 38.6 Å². The molecule has 1 unspecified atom stereocenters. The van der Waals surface area contributed by atoms with Crippen LogP contribution >= 0.6 is 0 Å². The molecule has 30 heavy (non-hydrogen) atoms. The van der Waals surface area contributed by atoms with Gasteiger partial charge in [-0.3, -0.25) is 4.98 Å². The van der Waals surface area contributed by atoms with Crippen LogP contribution in [0.25, 0.3) is 11.3 Å². The van der Waals surface area contributed by atoms with Gasteiger partial charge >= 0.3 is 0 Å². The van der Waals surface area contributed by atoms with E-state index in [1.54, 1.807) is 36.7 Å². The fraction of sp³-hybridized carbons (Fsp3) is 0.261. The van der Waals surface area contributed by atoms with Gasteiger partial charge in [-0.15, -0.1) is 0 Å². The van der Waals surface area contributed by atoms with E-state index in [1.165, 1.54) is 12.1 Å². The Balaban J connectivity index is 1.62. The monoisotopic (exact) mass is 400 g/mol. The molecule has 0 fully saturated rings. The van der Waals surface area contributed by atoms with Crippen molar-refractivity contribution in [2.24, 2.45) is 5.10 Å². The smallest absolute Gasteiger partial charge is 0.167 e. The quantitative estimate of drug-likeness (QED) is 0.616. The first-order valence-corrected chi connectivity index (χ1v) is 9.97. The largest absolute Gasteiger partial charge is 0.257 e. The molecule has 3 heterocycles. The minimum Gasteiger partial charge on any atom is -0.257 e. The Morgan fingerprint density at radius 2 is 2.00 bits per heavy atom. The van der Waals surface area contributed by atoms with Gasteiger partial charge in [-0.25, -0.2) is 19.4 Å². The fourth-order valence-corrected chi connectivity index (χ4v) is 3.56. The van der Waals surface area contributed by atoms with Crippen LogP contribution in [-0.2, 0) is 12.8 Å². The summed E-state index contributed by atoms with van der Waals surface area (Å²) >= 11 is 0. The molecule has 2 aromatic heterocycles. The molecular formula is C23H21FN6. The first-order chi connectivity index (χ1) is 14.7. The maximum Gasteiger partial charge on any atom is 0.167 e. The topological polar surface area (TPSA) is 78.1 Å². The SMILES string of the molecule is CCCc1nc(-c2ccc(F)cc2)cnc1CC1CC=NN1c1ncccc1C#N. The number of anilines is 1. The Morgan fingerprint density at radius 3 is 2.77 bits per heavy atom. The first-order valence-electron chi connectivity index (χ1n) is 9.97. The molecule has 4 rings (SSSR count). The van der Waals surface area contributed by atoms with E-state index in [1.807, 2.05) is 11.2 Å². The van der Waals surface area contributed by atoms with Gasteiger partial charge in [0.15, 0.2) is 5.82 Å². The highest BCUT2D eigenvalue weighted by molar-refractivity contribution is 5.68. The lowest BCUT2D eigenvalue weighted by Gasteiger charge is -2.24. The van der Waals surface area contributed by atoms with Crippen LogP contribution in [0.15, 0.2) is 53.9 Å². The third-order valence-electron chi connectivity index (χ3n) is 5.04. The summed E-state index contributed by atoms with van der Waals surface area (Å²) in [5.74, 6) is 0.288. The molecule has 1 aliphatic heterocycles. The van der Waals surface area contributed by atoms with Crippen molar-refractivity contribution in [3.8, 4) is 17.3 Å². The molecule has 3 aromatic rings. The van der Waals surface area contributed by atoms with Crippen LogP contribution in [0.1, 0.15) is 36.7 Å². The minimum absolute atomic E-state index is 0.0218. The van der Waals surface area contributed by atoms with Gasteiger partial charge in [-0.05, 0) is 42.8 Å². The van der Waals surface area contributed by atoms with Gasteiger partial charge in [0.1, 0.15) is 11.9 Å². The van der Waals surface area contributed by atoms with E-state index >= 15 is 0 Å². The second kappa shape index (κ2) is 8.78. The summed E-state index contributed by atoms with van der Waals surface area (Å²) in [5.41, 5.74) is 3.92. The number of hydrazone groups is 1. The summed E-state index contributed by atoms with van der Waals surface area (Å²) in [6.07, 6.45) is 8.39. The molecule has 0 N–H and O–H groups in total. The molecule has 0 amide bonds. The highest BCUT2D eigenvalue weighted by Crippen LogP contribution is 2.27. The number of halogens is 1. The van der Waals surface area contributed by atoms with E-state index in [4.69, 9.17) is 9.97 Å². The second-order valence-electron chi connectivity index (χ2n) is 7.13. The summed E-state index contributed by atoms with van der Waals surface area (Å²) in [6.45, 7) is 2.11. The number of nitriles is 1. The van der Waals surface area contributed by atoms with E-state index in [2.05, 4.69) is 23.1 Å². The van der Waals surface area contributed by atoms with Crippen LogP contribution in [0.4, 0.5) is 10.2 Å². The van der Waals surface area contributed by atoms with Gasteiger partial charge in [-0.2, -0.15) is 10.4 Å². The molecule has 6 nitrogen and oxygen atoms in total. The molecule has 1 aliphatic rings. The normalized spacial score (nSPS) is 15.4. The van der Waals surface area contributed by atoms with Gasteiger partial charge < -0.3 is 0 Å². The highest BCUT2D eigenvalue weighted by atomic mass is 19.1. The zero-order chi connectivity index (χ0) is 20.9. The van der Waals surface area contributed by atoms with Crippen molar-refractivity contribution < 1.29 is 4.39 Å². The van der Waals surface area contributed by atoms with Crippen molar-refractivity contribution in [3.63, 3.8) is 0 Å². The van der Waals surface area contributed by atoms with Crippen molar-refractivity contribution in [2.75, 3.05) is 5.01 Å². The third-order valence-corrected chi connectivity index (χ3v) is 5.04. The third kappa shape index (κ3) is 4.03. The van der Waals surface area contributed by atoms with Crippen LogP contribution in [0, 0.1) is 17.1 Å². The zero-order valence-corrected chi connectivity index (χ0v) is 16.7. The predicted molar refractivity (Wildman–Crippen MR) is 113 cm³/mol. The van der Waals surface area contributed by atoms with Crippen LogP contribution < -0.4 is 5.01 Å². The summed E-state index contributed by atoms with van der Waals surface area (Å²) < 4.78 is 13.2. The average Bonchev–Trinajstić information content (AvgIpc) is 3.23. The minimum atomic E-state index is -0.273. The number of nitrogens with zero attached hydrogens (tertiary/aromatic N) is 6. The van der Waals surface area contributed by atoms with Crippen molar-refractivity contribution in [1.29, 1.82) is 5.26 Å². The maximum atomic E-state index is 13.2. The molecule has 0 saturated heterocycles. The fourth-order valence-electron chi connectivity index (χ4n) is 3.56. The lowest BCUT2D eigenvalue weighted by atomic mass is 10.0. The first kappa shape index (κ1) is 19.6. The Kier molecular flexibility index (Phi) is 5.75. The lowest BCUT2D eigenvalue weighted by Crippen LogP contribution is -2.30. The number of aromatic nitrogens is 3. The molecule has 1 aromatic carbocycles. The van der Waals surface area contributed by atoms with Crippen molar-refractivity contribution in [3.05, 3.63) is 71.6 Å². The number of pyridine rings is 1. The van der Waals surface area contributed by atoms with Gasteiger partial charge in [0.25, 0.3) is 0 Å². The standard InChI is InChI=1S/C23H21FN6/c1-2-4-20-21(27-15-22(29-20)16-6-8-18(24)9-7-16)13-19-10-12-28-30(19)23-17(14-25)5-3-11-26-23/h3,5-9,11-12,15,19H,2,4,10,13H2,1H3. The predicted octanol–water partition coefficient (Wildman–Crippen LogP) is 4.31. The van der Waals surface area contributed by atoms with Gasteiger partial charge in [-0.1, -0.05) is 13.3 Å². The van der Waals surface area contributed by atoms with Crippen LogP contribution in [0.3, 0.4) is 0 Å². The highest BCUT2D eigenvalue weighted by Gasteiger charge is 2.27. The van der Waals surface area contributed by atoms with Crippen LogP contribution in [0.5, 0.6) is 0 Å². The molecular weight excluding hydrogens is 379 g/mol.